The second kappa shape index (κ2) is 6.75. The molecule has 1 saturated carbocycles. The molecule has 2 aliphatic rings. The van der Waals surface area contributed by atoms with Gasteiger partial charge in [-0.1, -0.05) is 19.3 Å². The van der Waals surface area contributed by atoms with Crippen LogP contribution in [0.2, 0.25) is 0 Å². The maximum absolute atomic E-state index is 12.7. The van der Waals surface area contributed by atoms with Crippen molar-refractivity contribution in [3.05, 3.63) is 30.1 Å². The molecule has 0 aromatic carbocycles. The lowest BCUT2D eigenvalue weighted by Crippen LogP contribution is -2.60. The topological polar surface area (TPSA) is 62.5 Å². The highest BCUT2D eigenvalue weighted by Crippen LogP contribution is 2.28. The van der Waals surface area contributed by atoms with Crippen molar-refractivity contribution in [2.45, 2.75) is 44.2 Å². The number of hydrogen-bond acceptors (Lipinski definition) is 4. The van der Waals surface area contributed by atoms with E-state index in [1.54, 1.807) is 0 Å². The number of piperazine rings is 1. The van der Waals surface area contributed by atoms with Gasteiger partial charge in [-0.05, 0) is 30.5 Å². The van der Waals surface area contributed by atoms with Gasteiger partial charge in [0.05, 0.1) is 5.54 Å². The first kappa shape index (κ1) is 15.4. The summed E-state index contributed by atoms with van der Waals surface area (Å²) in [7, 11) is 0. The quantitative estimate of drug-likeness (QED) is 0.916. The fourth-order valence-corrected chi connectivity index (χ4v) is 3.57. The van der Waals surface area contributed by atoms with Crippen LogP contribution in [0.5, 0.6) is 0 Å². The summed E-state index contributed by atoms with van der Waals surface area (Å²) in [6, 6.07) is 4.10. The molecule has 2 fully saturated rings. The van der Waals surface area contributed by atoms with Gasteiger partial charge in [0.1, 0.15) is 0 Å². The smallest absolute Gasteiger partial charge is 0.242 e. The lowest BCUT2D eigenvalue weighted by atomic mass is 9.81. The van der Waals surface area contributed by atoms with Gasteiger partial charge in [0.2, 0.25) is 5.91 Å². The molecule has 5 heteroatoms. The average molecular weight is 302 g/mol. The number of nitrogens with two attached hydrogens (primary N) is 1. The number of pyridine rings is 1. The molecule has 0 atom stereocenters. The maximum atomic E-state index is 12.7. The average Bonchev–Trinajstić information content (AvgIpc) is 2.56. The highest BCUT2D eigenvalue weighted by molar-refractivity contribution is 5.86. The molecular formula is C17H26N4O. The summed E-state index contributed by atoms with van der Waals surface area (Å²) >= 11 is 0. The van der Waals surface area contributed by atoms with Gasteiger partial charge >= 0.3 is 0 Å². The predicted molar refractivity (Wildman–Crippen MR) is 86.1 cm³/mol. The number of hydrogen-bond donors (Lipinski definition) is 1. The number of carbonyl (C=O) groups is 1. The van der Waals surface area contributed by atoms with Gasteiger partial charge in [-0.25, -0.2) is 0 Å². The first-order valence-corrected chi connectivity index (χ1v) is 8.37. The fraction of sp³-hybridized carbons (Fsp3) is 0.647. The standard InChI is InChI=1S/C17H26N4O/c18-17(6-2-1-3-7-17)16(22)21-12-10-20(11-13-21)14-15-4-8-19-9-5-15/h4-5,8-9H,1-3,6-7,10-14,18H2. The van der Waals surface area contributed by atoms with E-state index < -0.39 is 5.54 Å². The Hall–Kier alpha value is -1.46. The largest absolute Gasteiger partial charge is 0.339 e. The molecule has 1 aliphatic heterocycles. The normalized spacial score (nSPS) is 22.5. The van der Waals surface area contributed by atoms with Crippen LogP contribution >= 0.6 is 0 Å². The van der Waals surface area contributed by atoms with Crippen LogP contribution in [-0.2, 0) is 11.3 Å². The van der Waals surface area contributed by atoms with Crippen LogP contribution in [0, 0.1) is 0 Å². The van der Waals surface area contributed by atoms with Gasteiger partial charge in [-0.3, -0.25) is 14.7 Å². The van der Waals surface area contributed by atoms with Crippen molar-refractivity contribution in [3.8, 4) is 0 Å². The van der Waals surface area contributed by atoms with Gasteiger partial charge < -0.3 is 10.6 Å². The van der Waals surface area contributed by atoms with Crippen LogP contribution in [0.3, 0.4) is 0 Å². The van der Waals surface area contributed by atoms with Crippen LogP contribution in [-0.4, -0.2) is 52.4 Å². The molecule has 1 aliphatic carbocycles. The summed E-state index contributed by atoms with van der Waals surface area (Å²) < 4.78 is 0. The van der Waals surface area contributed by atoms with Gasteiger partial charge in [0.15, 0.2) is 0 Å². The molecule has 120 valence electrons. The van der Waals surface area contributed by atoms with Crippen LogP contribution in [0.1, 0.15) is 37.7 Å². The number of carbonyl (C=O) groups excluding carboxylic acids is 1. The van der Waals surface area contributed by atoms with Crippen molar-refractivity contribution < 1.29 is 4.79 Å². The third kappa shape index (κ3) is 3.47. The first-order valence-electron chi connectivity index (χ1n) is 8.37. The molecular weight excluding hydrogens is 276 g/mol. The Balaban J connectivity index is 1.52. The van der Waals surface area contributed by atoms with Crippen LogP contribution in [0.4, 0.5) is 0 Å². The summed E-state index contributed by atoms with van der Waals surface area (Å²) in [5.74, 6) is 0.177. The summed E-state index contributed by atoms with van der Waals surface area (Å²) in [5.41, 5.74) is 7.06. The van der Waals surface area contributed by atoms with Crippen LogP contribution in [0.25, 0.3) is 0 Å². The molecule has 22 heavy (non-hydrogen) atoms. The lowest BCUT2D eigenvalue weighted by Gasteiger charge is -2.41. The zero-order valence-electron chi connectivity index (χ0n) is 13.2. The molecule has 1 aromatic rings. The maximum Gasteiger partial charge on any atom is 0.242 e. The van der Waals surface area contributed by atoms with E-state index in [9.17, 15) is 4.79 Å². The second-order valence-electron chi connectivity index (χ2n) is 6.64. The predicted octanol–water partition coefficient (Wildman–Crippen LogP) is 1.39. The molecule has 0 bridgehead atoms. The molecule has 0 unspecified atom stereocenters. The van der Waals surface area contributed by atoms with Gasteiger partial charge in [-0.2, -0.15) is 0 Å². The summed E-state index contributed by atoms with van der Waals surface area (Å²) in [5, 5.41) is 0. The van der Waals surface area contributed by atoms with E-state index in [0.29, 0.717) is 0 Å². The van der Waals surface area contributed by atoms with E-state index in [1.165, 1.54) is 12.0 Å². The summed E-state index contributed by atoms with van der Waals surface area (Å²) in [6.07, 6.45) is 8.75. The van der Waals surface area contributed by atoms with E-state index in [4.69, 9.17) is 5.73 Å². The van der Waals surface area contributed by atoms with Crippen molar-refractivity contribution >= 4 is 5.91 Å². The minimum absolute atomic E-state index is 0.177. The third-order valence-corrected chi connectivity index (χ3v) is 4.99. The molecule has 2 heterocycles. The Labute approximate surface area is 132 Å². The van der Waals surface area contributed by atoms with E-state index in [0.717, 1.165) is 58.4 Å². The van der Waals surface area contributed by atoms with Crippen LogP contribution < -0.4 is 5.73 Å². The zero-order chi connectivity index (χ0) is 15.4. The van der Waals surface area contributed by atoms with Crippen molar-refractivity contribution in [3.63, 3.8) is 0 Å². The fourth-order valence-electron chi connectivity index (χ4n) is 3.57. The molecule has 2 N–H and O–H groups in total. The molecule has 0 radical (unpaired) electrons. The molecule has 1 saturated heterocycles. The van der Waals surface area contributed by atoms with Crippen molar-refractivity contribution in [2.24, 2.45) is 5.73 Å². The van der Waals surface area contributed by atoms with E-state index in [1.807, 2.05) is 17.3 Å². The first-order chi connectivity index (χ1) is 10.7. The molecule has 1 aromatic heterocycles. The van der Waals surface area contributed by atoms with E-state index in [-0.39, 0.29) is 5.91 Å². The Kier molecular flexibility index (Phi) is 4.74. The zero-order valence-corrected chi connectivity index (χ0v) is 13.2. The highest BCUT2D eigenvalue weighted by Gasteiger charge is 2.39. The van der Waals surface area contributed by atoms with Gasteiger partial charge in [0, 0.05) is 45.1 Å². The lowest BCUT2D eigenvalue weighted by molar-refractivity contribution is -0.140. The van der Waals surface area contributed by atoms with Crippen molar-refractivity contribution in [1.82, 2.24) is 14.8 Å². The Morgan fingerprint density at radius 1 is 1.09 bits per heavy atom. The Morgan fingerprint density at radius 3 is 2.36 bits per heavy atom. The summed E-state index contributed by atoms with van der Waals surface area (Å²) in [6.45, 7) is 4.36. The van der Waals surface area contributed by atoms with Gasteiger partial charge in [0.25, 0.3) is 0 Å². The number of nitrogens with zero attached hydrogens (tertiary/aromatic N) is 3. The van der Waals surface area contributed by atoms with E-state index >= 15 is 0 Å². The van der Waals surface area contributed by atoms with E-state index in [2.05, 4.69) is 22.0 Å². The Bertz CT molecular complexity index is 491. The molecule has 0 spiro atoms. The Morgan fingerprint density at radius 2 is 1.73 bits per heavy atom. The number of aromatic nitrogens is 1. The van der Waals surface area contributed by atoms with Crippen molar-refractivity contribution in [2.75, 3.05) is 26.2 Å². The van der Waals surface area contributed by atoms with Crippen LogP contribution in [0.15, 0.2) is 24.5 Å². The molecule has 3 rings (SSSR count). The van der Waals surface area contributed by atoms with Gasteiger partial charge in [-0.15, -0.1) is 0 Å². The monoisotopic (exact) mass is 302 g/mol. The minimum Gasteiger partial charge on any atom is -0.339 e. The third-order valence-electron chi connectivity index (χ3n) is 4.99. The molecule has 5 nitrogen and oxygen atoms in total. The van der Waals surface area contributed by atoms with Crippen molar-refractivity contribution in [1.29, 1.82) is 0 Å². The minimum atomic E-state index is -0.592. The molecule has 1 amide bonds. The number of amides is 1. The second-order valence-corrected chi connectivity index (χ2v) is 6.64. The number of rotatable bonds is 3. The highest BCUT2D eigenvalue weighted by atomic mass is 16.2. The SMILES string of the molecule is NC1(C(=O)N2CCN(Cc3ccncc3)CC2)CCCCC1. The summed E-state index contributed by atoms with van der Waals surface area (Å²) in [4.78, 5) is 21.1.